The van der Waals surface area contributed by atoms with Gasteiger partial charge in [0.05, 0.1) is 42.2 Å². The molecule has 3 aliphatic heterocycles. The molecule has 2 aromatic heterocycles. The molecule has 1 unspecified atom stereocenters. The van der Waals surface area contributed by atoms with Crippen molar-refractivity contribution in [2.45, 2.75) is 45.0 Å². The van der Waals surface area contributed by atoms with Gasteiger partial charge >= 0.3 is 18.2 Å². The van der Waals surface area contributed by atoms with Crippen LogP contribution in [-0.2, 0) is 44.4 Å². The number of cyclic esters (lactones) is 1. The van der Waals surface area contributed by atoms with Crippen molar-refractivity contribution in [2.75, 3.05) is 6.54 Å². The summed E-state index contributed by atoms with van der Waals surface area (Å²) >= 11 is 0. The fourth-order valence-electron chi connectivity index (χ4n) is 5.18. The van der Waals surface area contributed by atoms with Crippen LogP contribution >= 0.6 is 0 Å². The summed E-state index contributed by atoms with van der Waals surface area (Å²) in [6, 6.07) is 4.11. The molecule has 3 aliphatic rings. The fourth-order valence-corrected chi connectivity index (χ4v) is 5.18. The predicted molar refractivity (Wildman–Crippen MR) is 120 cm³/mol. The summed E-state index contributed by atoms with van der Waals surface area (Å²) < 4.78 is 48.4. The molecule has 13 heteroatoms. The van der Waals surface area contributed by atoms with Crippen molar-refractivity contribution >= 4 is 22.8 Å². The first-order chi connectivity index (χ1) is 17.6. The van der Waals surface area contributed by atoms with Crippen LogP contribution in [0.15, 0.2) is 23.0 Å². The SMILES string of the molecule is CCC1(OC(=O)CN)C(=O)OCc2c1cc1n(c2=O)Cc2c-1nc1cc3c(cc1c2CO)OC(F)(F)O3. The maximum Gasteiger partial charge on any atom is 0.586 e. The number of hydrogen-bond acceptors (Lipinski definition) is 10. The number of ether oxygens (including phenoxy) is 4. The van der Waals surface area contributed by atoms with E-state index in [0.29, 0.717) is 27.9 Å². The van der Waals surface area contributed by atoms with E-state index in [-0.39, 0.29) is 47.7 Å². The Hall–Kier alpha value is -4.10. The van der Waals surface area contributed by atoms with Crippen molar-refractivity contribution in [2.24, 2.45) is 5.73 Å². The number of carbonyl (C=O) groups is 2. The first kappa shape index (κ1) is 23.3. The topological polar surface area (TPSA) is 152 Å². The highest BCUT2D eigenvalue weighted by Gasteiger charge is 2.50. The lowest BCUT2D eigenvalue weighted by Crippen LogP contribution is -2.48. The summed E-state index contributed by atoms with van der Waals surface area (Å²) in [5, 5.41) is 10.6. The highest BCUT2D eigenvalue weighted by molar-refractivity contribution is 5.91. The molecule has 0 fully saturated rings. The standard InChI is InChI=1S/C24H19F2N3O8/c1-2-23(37-19(31)6-27)14-4-16-20-11(7-29(16)21(32)13(14)9-34-22(23)33)12(8-30)10-3-17-18(5-15(10)28-20)36-24(25,26)35-17/h3-5,30H,2,6-9,27H2,1H3. The van der Waals surface area contributed by atoms with Gasteiger partial charge in [0, 0.05) is 22.6 Å². The number of benzene rings is 1. The zero-order valence-electron chi connectivity index (χ0n) is 19.3. The van der Waals surface area contributed by atoms with Crippen molar-refractivity contribution in [3.63, 3.8) is 0 Å². The summed E-state index contributed by atoms with van der Waals surface area (Å²) in [6.07, 6.45) is -3.86. The van der Waals surface area contributed by atoms with Gasteiger partial charge in [-0.1, -0.05) is 6.92 Å². The van der Waals surface area contributed by atoms with Crippen molar-refractivity contribution < 1.29 is 42.4 Å². The largest absolute Gasteiger partial charge is 0.586 e. The van der Waals surface area contributed by atoms with E-state index < -0.39 is 42.5 Å². The molecule has 3 aromatic rings. The Labute approximate surface area is 206 Å². The van der Waals surface area contributed by atoms with Gasteiger partial charge < -0.3 is 34.4 Å². The molecular formula is C24H19F2N3O8. The Morgan fingerprint density at radius 1 is 1.22 bits per heavy atom. The van der Waals surface area contributed by atoms with E-state index in [9.17, 15) is 28.3 Å². The molecule has 1 aromatic carbocycles. The Morgan fingerprint density at radius 3 is 2.62 bits per heavy atom. The highest BCUT2D eigenvalue weighted by atomic mass is 19.3. The van der Waals surface area contributed by atoms with Crippen LogP contribution in [0.25, 0.3) is 22.3 Å². The minimum Gasteiger partial charge on any atom is -0.457 e. The van der Waals surface area contributed by atoms with Gasteiger partial charge in [-0.25, -0.2) is 9.78 Å². The Bertz CT molecular complexity index is 1600. The average Bonchev–Trinajstić information content (AvgIpc) is 3.38. The maximum atomic E-state index is 13.6. The van der Waals surface area contributed by atoms with Gasteiger partial charge in [-0.15, -0.1) is 8.78 Å². The van der Waals surface area contributed by atoms with E-state index in [0.717, 1.165) is 0 Å². The number of carbonyl (C=O) groups excluding carboxylic acids is 2. The molecule has 37 heavy (non-hydrogen) atoms. The molecular weight excluding hydrogens is 496 g/mol. The summed E-state index contributed by atoms with van der Waals surface area (Å²) in [5.74, 6) is -2.12. The smallest absolute Gasteiger partial charge is 0.457 e. The third-order valence-corrected chi connectivity index (χ3v) is 6.91. The first-order valence-electron chi connectivity index (χ1n) is 11.3. The molecule has 0 spiro atoms. The van der Waals surface area contributed by atoms with E-state index in [2.05, 4.69) is 14.5 Å². The van der Waals surface area contributed by atoms with E-state index in [1.807, 2.05) is 0 Å². The van der Waals surface area contributed by atoms with Gasteiger partial charge in [-0.3, -0.25) is 9.59 Å². The number of hydrogen-bond donors (Lipinski definition) is 2. The Balaban J connectivity index is 1.59. The monoisotopic (exact) mass is 515 g/mol. The molecule has 0 radical (unpaired) electrons. The predicted octanol–water partition coefficient (Wildman–Crippen LogP) is 1.40. The second-order valence-corrected chi connectivity index (χ2v) is 8.81. The second kappa shape index (κ2) is 7.70. The summed E-state index contributed by atoms with van der Waals surface area (Å²) in [6.45, 7) is 0.348. The van der Waals surface area contributed by atoms with Gasteiger partial charge in [-0.2, -0.15) is 0 Å². The van der Waals surface area contributed by atoms with Crippen LogP contribution in [-0.4, -0.2) is 39.4 Å². The van der Waals surface area contributed by atoms with Crippen molar-refractivity contribution in [1.29, 1.82) is 0 Å². The van der Waals surface area contributed by atoms with Crippen molar-refractivity contribution in [3.8, 4) is 22.9 Å². The number of pyridine rings is 2. The Morgan fingerprint density at radius 2 is 1.95 bits per heavy atom. The maximum absolute atomic E-state index is 13.6. The van der Waals surface area contributed by atoms with Crippen LogP contribution in [0, 0.1) is 0 Å². The van der Waals surface area contributed by atoms with E-state index in [1.54, 1.807) is 6.92 Å². The van der Waals surface area contributed by atoms with Crippen molar-refractivity contribution in [3.05, 3.63) is 50.8 Å². The minimum atomic E-state index is -3.83. The molecule has 0 amide bonds. The number of alkyl halides is 2. The van der Waals surface area contributed by atoms with Crippen LogP contribution in [0.1, 0.15) is 35.6 Å². The summed E-state index contributed by atoms with van der Waals surface area (Å²) in [5.41, 5.74) is 5.02. The van der Waals surface area contributed by atoms with E-state index in [4.69, 9.17) is 15.2 Å². The number of nitrogens with two attached hydrogens (primary N) is 1. The second-order valence-electron chi connectivity index (χ2n) is 8.81. The average molecular weight is 515 g/mol. The number of esters is 2. The molecule has 0 saturated heterocycles. The van der Waals surface area contributed by atoms with Crippen LogP contribution in [0.3, 0.4) is 0 Å². The number of halogens is 2. The number of fused-ring (bicyclic) bond motifs is 6. The van der Waals surface area contributed by atoms with E-state index >= 15 is 0 Å². The quantitative estimate of drug-likeness (QED) is 0.382. The number of aliphatic hydroxyl groups is 1. The number of aromatic nitrogens is 2. The number of rotatable bonds is 4. The van der Waals surface area contributed by atoms with Crippen LogP contribution < -0.4 is 20.8 Å². The summed E-state index contributed by atoms with van der Waals surface area (Å²) in [7, 11) is 0. The van der Waals surface area contributed by atoms with Gasteiger partial charge in [0.25, 0.3) is 5.56 Å². The first-order valence-corrected chi connectivity index (χ1v) is 11.3. The molecule has 0 aliphatic carbocycles. The molecule has 3 N–H and O–H groups in total. The van der Waals surface area contributed by atoms with Gasteiger partial charge in [0.2, 0.25) is 5.60 Å². The van der Waals surface area contributed by atoms with E-state index in [1.165, 1.54) is 22.8 Å². The highest BCUT2D eigenvalue weighted by Crippen LogP contribution is 2.46. The molecule has 1 atom stereocenters. The van der Waals surface area contributed by atoms with Gasteiger partial charge in [-0.05, 0) is 24.1 Å². The van der Waals surface area contributed by atoms with Crippen LogP contribution in [0.2, 0.25) is 0 Å². The molecule has 6 rings (SSSR count). The number of aliphatic hydroxyl groups excluding tert-OH is 1. The van der Waals surface area contributed by atoms with Gasteiger partial charge in [0.1, 0.15) is 6.61 Å². The Kier molecular flexibility index (Phi) is 4.85. The molecule has 192 valence electrons. The van der Waals surface area contributed by atoms with Crippen LogP contribution in [0.5, 0.6) is 11.5 Å². The lowest BCUT2D eigenvalue weighted by atomic mass is 9.85. The van der Waals surface area contributed by atoms with Crippen LogP contribution in [0.4, 0.5) is 8.78 Å². The zero-order chi connectivity index (χ0) is 26.3. The third kappa shape index (κ3) is 3.17. The summed E-state index contributed by atoms with van der Waals surface area (Å²) in [4.78, 5) is 43.2. The molecule has 0 saturated carbocycles. The molecule has 0 bridgehead atoms. The molecule has 5 heterocycles. The number of nitrogens with zero attached hydrogens (tertiary/aromatic N) is 2. The minimum absolute atomic E-state index is 0.0228. The third-order valence-electron chi connectivity index (χ3n) is 6.91. The fraction of sp³-hybridized carbons (Fsp3) is 0.333. The van der Waals surface area contributed by atoms with Gasteiger partial charge in [0.15, 0.2) is 11.5 Å². The lowest BCUT2D eigenvalue weighted by Gasteiger charge is -2.35. The zero-order valence-corrected chi connectivity index (χ0v) is 19.3. The normalized spacial score (nSPS) is 20.3. The van der Waals surface area contributed by atoms with Crippen molar-refractivity contribution in [1.82, 2.24) is 9.55 Å². The molecule has 11 nitrogen and oxygen atoms in total. The lowest BCUT2D eigenvalue weighted by molar-refractivity contribution is -0.286.